The maximum Gasteiger partial charge on any atom is 0.166 e. The van der Waals surface area contributed by atoms with E-state index in [-0.39, 0.29) is 5.75 Å². The number of hydrogen-bond donors (Lipinski definition) is 2. The third kappa shape index (κ3) is 4.03. The Morgan fingerprint density at radius 1 is 1.03 bits per heavy atom. The number of nitrogens with zero attached hydrogens (tertiary/aromatic N) is 5. The van der Waals surface area contributed by atoms with E-state index < -0.39 is 0 Å². The highest BCUT2D eigenvalue weighted by molar-refractivity contribution is 5.85. The van der Waals surface area contributed by atoms with Crippen molar-refractivity contribution in [1.82, 2.24) is 24.5 Å². The van der Waals surface area contributed by atoms with Crippen LogP contribution in [0.5, 0.6) is 5.75 Å². The molecule has 29 heavy (non-hydrogen) atoms. The molecule has 3 heterocycles. The van der Waals surface area contributed by atoms with E-state index in [1.807, 2.05) is 22.8 Å². The summed E-state index contributed by atoms with van der Waals surface area (Å²) in [6, 6.07) is 11.8. The smallest absolute Gasteiger partial charge is 0.166 e. The maximum atomic E-state index is 9.90. The van der Waals surface area contributed by atoms with Crippen LogP contribution in [0.25, 0.3) is 22.6 Å². The number of aryl methyl sites for hydroxylation is 1. The Balaban J connectivity index is 1.86. The number of imidazole rings is 1. The van der Waals surface area contributed by atoms with Crippen LogP contribution in [0.2, 0.25) is 0 Å². The molecule has 0 spiro atoms. The third-order valence-electron chi connectivity index (χ3n) is 4.84. The van der Waals surface area contributed by atoms with Crippen molar-refractivity contribution < 1.29 is 5.11 Å². The minimum Gasteiger partial charge on any atom is -0.506 e. The standard InChI is InChI=1S/C22H24N6O/c1-2-3-5-10-18-25-20(23)19-22(26-18)28(14-15-8-6-4-7-9-15)21(27-19)16-11-17(29)13-24-12-16/h4,6-9,11-13,29H,2-3,5,10,14H2,1H3,(H2,23,25,26). The zero-order valence-corrected chi connectivity index (χ0v) is 16.4. The normalized spacial score (nSPS) is 11.2. The molecule has 7 heteroatoms. The van der Waals surface area contributed by atoms with Gasteiger partial charge in [0, 0.05) is 18.2 Å². The molecule has 0 amide bonds. The molecule has 0 bridgehead atoms. The van der Waals surface area contributed by atoms with Crippen LogP contribution < -0.4 is 5.73 Å². The monoisotopic (exact) mass is 388 g/mol. The minimum atomic E-state index is 0.0835. The first-order valence-electron chi connectivity index (χ1n) is 9.86. The molecule has 3 N–H and O–H groups in total. The van der Waals surface area contributed by atoms with Gasteiger partial charge < -0.3 is 15.4 Å². The van der Waals surface area contributed by atoms with Crippen LogP contribution in [0.15, 0.2) is 48.8 Å². The molecule has 0 radical (unpaired) electrons. The predicted octanol–water partition coefficient (Wildman–Crippen LogP) is 3.96. The van der Waals surface area contributed by atoms with Gasteiger partial charge in [0.1, 0.15) is 17.4 Å². The number of pyridine rings is 1. The van der Waals surface area contributed by atoms with Gasteiger partial charge in [-0.3, -0.25) is 4.98 Å². The van der Waals surface area contributed by atoms with Gasteiger partial charge in [0.05, 0.1) is 12.7 Å². The molecule has 0 unspecified atom stereocenters. The van der Waals surface area contributed by atoms with Crippen molar-refractivity contribution in [2.45, 2.75) is 39.2 Å². The van der Waals surface area contributed by atoms with Gasteiger partial charge in [-0.15, -0.1) is 0 Å². The summed E-state index contributed by atoms with van der Waals surface area (Å²) < 4.78 is 2.02. The zero-order chi connectivity index (χ0) is 20.2. The van der Waals surface area contributed by atoms with E-state index in [1.165, 1.54) is 6.20 Å². The van der Waals surface area contributed by atoms with E-state index in [9.17, 15) is 5.11 Å². The van der Waals surface area contributed by atoms with Crippen molar-refractivity contribution in [2.24, 2.45) is 0 Å². The molecule has 7 nitrogen and oxygen atoms in total. The number of benzene rings is 1. The fraction of sp³-hybridized carbons (Fsp3) is 0.273. The number of hydrogen-bond acceptors (Lipinski definition) is 6. The van der Waals surface area contributed by atoms with Crippen LogP contribution in [0.4, 0.5) is 5.82 Å². The van der Waals surface area contributed by atoms with Crippen molar-refractivity contribution in [3.05, 3.63) is 60.2 Å². The molecule has 0 saturated heterocycles. The summed E-state index contributed by atoms with van der Waals surface area (Å²) in [6.45, 7) is 2.75. The minimum absolute atomic E-state index is 0.0835. The second kappa shape index (κ2) is 8.26. The number of nitrogen functional groups attached to an aromatic ring is 1. The fourth-order valence-electron chi connectivity index (χ4n) is 3.40. The molecule has 0 saturated carbocycles. The molecular formula is C22H24N6O. The van der Waals surface area contributed by atoms with Gasteiger partial charge in [0.15, 0.2) is 17.0 Å². The lowest BCUT2D eigenvalue weighted by Gasteiger charge is -2.10. The molecule has 0 atom stereocenters. The fourth-order valence-corrected chi connectivity index (χ4v) is 3.40. The Kier molecular flexibility index (Phi) is 5.37. The van der Waals surface area contributed by atoms with E-state index in [4.69, 9.17) is 15.7 Å². The van der Waals surface area contributed by atoms with Crippen LogP contribution in [0.1, 0.15) is 37.6 Å². The number of nitrogens with two attached hydrogens (primary N) is 1. The third-order valence-corrected chi connectivity index (χ3v) is 4.84. The quantitative estimate of drug-likeness (QED) is 0.465. The van der Waals surface area contributed by atoms with Gasteiger partial charge in [-0.1, -0.05) is 50.1 Å². The number of aromatic nitrogens is 5. The topological polar surface area (TPSA) is 103 Å². The van der Waals surface area contributed by atoms with Crippen LogP contribution in [0.3, 0.4) is 0 Å². The van der Waals surface area contributed by atoms with E-state index in [0.717, 1.165) is 37.1 Å². The van der Waals surface area contributed by atoms with Gasteiger partial charge in [-0.05, 0) is 18.1 Å². The lowest BCUT2D eigenvalue weighted by molar-refractivity contribution is 0.473. The molecule has 0 fully saturated rings. The highest BCUT2D eigenvalue weighted by Crippen LogP contribution is 2.28. The lowest BCUT2D eigenvalue weighted by atomic mass is 10.2. The van der Waals surface area contributed by atoms with Crippen molar-refractivity contribution in [1.29, 1.82) is 0 Å². The molecule has 0 aliphatic rings. The molecular weight excluding hydrogens is 364 g/mol. The van der Waals surface area contributed by atoms with Crippen LogP contribution >= 0.6 is 0 Å². The van der Waals surface area contributed by atoms with E-state index in [2.05, 4.69) is 29.0 Å². The number of unbranched alkanes of at least 4 members (excludes halogenated alkanes) is 2. The van der Waals surface area contributed by atoms with Crippen LogP contribution in [0, 0.1) is 0 Å². The number of anilines is 1. The van der Waals surface area contributed by atoms with Gasteiger partial charge in [-0.25, -0.2) is 15.0 Å². The number of rotatable bonds is 7. The second-order valence-corrected chi connectivity index (χ2v) is 7.09. The maximum absolute atomic E-state index is 9.90. The van der Waals surface area contributed by atoms with Crippen molar-refractivity contribution in [3.8, 4) is 17.1 Å². The van der Waals surface area contributed by atoms with Crippen molar-refractivity contribution in [3.63, 3.8) is 0 Å². The van der Waals surface area contributed by atoms with Gasteiger partial charge in [0.25, 0.3) is 0 Å². The predicted molar refractivity (Wildman–Crippen MR) is 113 cm³/mol. The average Bonchev–Trinajstić information content (AvgIpc) is 3.08. The Morgan fingerprint density at radius 3 is 2.62 bits per heavy atom. The summed E-state index contributed by atoms with van der Waals surface area (Å²) in [5.74, 6) is 1.85. The Hall–Kier alpha value is -3.48. The number of fused-ring (bicyclic) bond motifs is 1. The lowest BCUT2D eigenvalue weighted by Crippen LogP contribution is -2.06. The first kappa shape index (κ1) is 18.9. The zero-order valence-electron chi connectivity index (χ0n) is 16.4. The summed E-state index contributed by atoms with van der Waals surface area (Å²) in [5.41, 5.74) is 9.34. The highest BCUT2D eigenvalue weighted by atomic mass is 16.3. The summed E-state index contributed by atoms with van der Waals surface area (Å²) in [6.07, 6.45) is 7.15. The summed E-state index contributed by atoms with van der Waals surface area (Å²) in [7, 11) is 0. The number of aromatic hydroxyl groups is 1. The SMILES string of the molecule is CCCCCc1nc(N)c2nc(-c3cncc(O)c3)n(Cc3ccccc3)c2n1. The average molecular weight is 388 g/mol. The van der Waals surface area contributed by atoms with Gasteiger partial charge >= 0.3 is 0 Å². The van der Waals surface area contributed by atoms with E-state index >= 15 is 0 Å². The molecule has 0 aliphatic heterocycles. The van der Waals surface area contributed by atoms with Crippen molar-refractivity contribution in [2.75, 3.05) is 5.73 Å². The second-order valence-electron chi connectivity index (χ2n) is 7.09. The molecule has 3 aromatic heterocycles. The van der Waals surface area contributed by atoms with E-state index in [1.54, 1.807) is 12.3 Å². The Labute approximate surface area is 169 Å². The summed E-state index contributed by atoms with van der Waals surface area (Å²) in [5, 5.41) is 9.90. The van der Waals surface area contributed by atoms with E-state index in [0.29, 0.717) is 34.9 Å². The van der Waals surface area contributed by atoms with Crippen LogP contribution in [-0.4, -0.2) is 29.6 Å². The Morgan fingerprint density at radius 2 is 1.86 bits per heavy atom. The van der Waals surface area contributed by atoms with Crippen molar-refractivity contribution >= 4 is 17.0 Å². The molecule has 1 aromatic carbocycles. The summed E-state index contributed by atoms with van der Waals surface area (Å²) in [4.78, 5) is 18.1. The first-order chi connectivity index (χ1) is 14.2. The highest BCUT2D eigenvalue weighted by Gasteiger charge is 2.19. The Bertz CT molecular complexity index is 1120. The van der Waals surface area contributed by atoms with Gasteiger partial charge in [-0.2, -0.15) is 0 Å². The molecule has 148 valence electrons. The molecule has 4 aromatic rings. The summed E-state index contributed by atoms with van der Waals surface area (Å²) >= 11 is 0. The first-order valence-corrected chi connectivity index (χ1v) is 9.86. The molecule has 4 rings (SSSR count). The largest absolute Gasteiger partial charge is 0.506 e. The molecule has 0 aliphatic carbocycles. The van der Waals surface area contributed by atoms with Crippen LogP contribution in [-0.2, 0) is 13.0 Å². The van der Waals surface area contributed by atoms with Gasteiger partial charge in [0.2, 0.25) is 0 Å².